The summed E-state index contributed by atoms with van der Waals surface area (Å²) in [5.41, 5.74) is 0. The molecule has 0 aliphatic carbocycles. The van der Waals surface area contributed by atoms with Crippen molar-refractivity contribution in [2.45, 2.75) is 4.90 Å². The molecule has 0 bridgehead atoms. The van der Waals surface area contributed by atoms with Gasteiger partial charge in [0.15, 0.2) is 0 Å². The summed E-state index contributed by atoms with van der Waals surface area (Å²) in [6.45, 7) is 0. The quantitative estimate of drug-likeness (QED) is 0.437. The van der Waals surface area contributed by atoms with Crippen molar-refractivity contribution in [3.8, 4) is 0 Å². The summed E-state index contributed by atoms with van der Waals surface area (Å²) in [7, 11) is 1.31. The minimum Gasteiger partial charge on any atom is -0.466 e. The smallest absolute Gasteiger partial charge is 0.330 e. The number of rotatable bonds is 3. The Morgan fingerprint density at radius 2 is 2.07 bits per heavy atom. The minimum atomic E-state index is -0.403. The molecule has 0 aliphatic rings. The highest BCUT2D eigenvalue weighted by molar-refractivity contribution is 8.02. The van der Waals surface area contributed by atoms with E-state index in [1.165, 1.54) is 37.1 Å². The molecule has 74 valence electrons. The molecule has 4 heteroatoms. The molecule has 1 aromatic rings. The summed E-state index contributed by atoms with van der Waals surface area (Å²) < 4.78 is 16.9. The van der Waals surface area contributed by atoms with Gasteiger partial charge in [-0.2, -0.15) is 0 Å². The largest absolute Gasteiger partial charge is 0.466 e. The summed E-state index contributed by atoms with van der Waals surface area (Å²) in [5.74, 6) is -0.675. The van der Waals surface area contributed by atoms with E-state index in [9.17, 15) is 9.18 Å². The van der Waals surface area contributed by atoms with E-state index in [-0.39, 0.29) is 5.82 Å². The summed E-state index contributed by atoms with van der Waals surface area (Å²) in [6.07, 6.45) is 1.31. The maximum absolute atomic E-state index is 12.5. The van der Waals surface area contributed by atoms with Crippen LogP contribution < -0.4 is 0 Å². The lowest BCUT2D eigenvalue weighted by Gasteiger charge is -1.94. The van der Waals surface area contributed by atoms with Crippen molar-refractivity contribution >= 4 is 17.7 Å². The topological polar surface area (TPSA) is 26.3 Å². The summed E-state index contributed by atoms with van der Waals surface area (Å²) >= 11 is 1.32. The van der Waals surface area contributed by atoms with Crippen molar-refractivity contribution in [1.82, 2.24) is 0 Å². The van der Waals surface area contributed by atoms with Crippen LogP contribution in [0, 0.1) is 5.82 Å². The van der Waals surface area contributed by atoms with E-state index in [1.54, 1.807) is 17.5 Å². The Bertz CT molecular complexity index is 332. The van der Waals surface area contributed by atoms with Gasteiger partial charge >= 0.3 is 5.97 Å². The minimum absolute atomic E-state index is 0.272. The SMILES string of the molecule is COC(=O)C=CSc1ccc(F)cc1. The fraction of sp³-hybridized carbons (Fsp3) is 0.100. The zero-order valence-electron chi connectivity index (χ0n) is 7.57. The fourth-order valence-electron chi connectivity index (χ4n) is 0.749. The van der Waals surface area contributed by atoms with Crippen LogP contribution in [0.1, 0.15) is 0 Å². The van der Waals surface area contributed by atoms with Crippen molar-refractivity contribution in [1.29, 1.82) is 0 Å². The van der Waals surface area contributed by atoms with E-state index in [4.69, 9.17) is 0 Å². The Morgan fingerprint density at radius 1 is 1.43 bits per heavy atom. The van der Waals surface area contributed by atoms with Gasteiger partial charge in [0.25, 0.3) is 0 Å². The molecule has 0 radical (unpaired) electrons. The van der Waals surface area contributed by atoms with Gasteiger partial charge in [-0.3, -0.25) is 0 Å². The van der Waals surface area contributed by atoms with Crippen LogP contribution in [0.15, 0.2) is 40.6 Å². The standard InChI is InChI=1S/C10H9FO2S/c1-13-10(12)6-7-14-9-4-2-8(11)3-5-9/h2-7H,1H3. The zero-order chi connectivity index (χ0) is 10.4. The van der Waals surface area contributed by atoms with E-state index in [2.05, 4.69) is 4.74 Å². The molecule has 0 saturated carbocycles. The number of carbonyl (C=O) groups is 1. The number of carbonyl (C=O) groups excluding carboxylic acids is 1. The number of methoxy groups -OCH3 is 1. The van der Waals surface area contributed by atoms with Crippen LogP contribution in [-0.2, 0) is 9.53 Å². The molecule has 1 rings (SSSR count). The Kier molecular flexibility index (Phi) is 4.19. The molecule has 0 fully saturated rings. The van der Waals surface area contributed by atoms with E-state index < -0.39 is 5.97 Å². The average molecular weight is 212 g/mol. The van der Waals surface area contributed by atoms with E-state index in [0.29, 0.717) is 0 Å². The Labute approximate surface area is 85.8 Å². The number of thioether (sulfide) groups is 1. The lowest BCUT2D eigenvalue weighted by atomic mass is 10.4. The van der Waals surface area contributed by atoms with Gasteiger partial charge < -0.3 is 4.74 Å². The fourth-order valence-corrected chi connectivity index (χ4v) is 1.38. The Hall–Kier alpha value is -1.29. The highest BCUT2D eigenvalue weighted by Crippen LogP contribution is 2.18. The molecular weight excluding hydrogens is 203 g/mol. The van der Waals surface area contributed by atoms with Gasteiger partial charge in [-0.1, -0.05) is 11.8 Å². The second-order valence-electron chi connectivity index (χ2n) is 2.40. The normalized spacial score (nSPS) is 10.4. The van der Waals surface area contributed by atoms with Crippen molar-refractivity contribution in [3.63, 3.8) is 0 Å². The van der Waals surface area contributed by atoms with Gasteiger partial charge in [0.1, 0.15) is 5.82 Å². The molecule has 0 spiro atoms. The van der Waals surface area contributed by atoms with Gasteiger partial charge in [0, 0.05) is 11.0 Å². The third-order valence-corrected chi connectivity index (χ3v) is 2.24. The van der Waals surface area contributed by atoms with E-state index in [1.807, 2.05) is 0 Å². The first kappa shape index (κ1) is 10.8. The van der Waals surface area contributed by atoms with Crippen molar-refractivity contribution in [2.24, 2.45) is 0 Å². The average Bonchev–Trinajstić information content (AvgIpc) is 2.21. The first-order chi connectivity index (χ1) is 6.72. The van der Waals surface area contributed by atoms with Gasteiger partial charge in [0.05, 0.1) is 7.11 Å². The molecular formula is C10H9FO2S. The molecule has 0 saturated heterocycles. The highest BCUT2D eigenvalue weighted by Gasteiger charge is 1.93. The zero-order valence-corrected chi connectivity index (χ0v) is 8.38. The summed E-state index contributed by atoms with van der Waals surface area (Å²) in [4.78, 5) is 11.5. The van der Waals surface area contributed by atoms with Gasteiger partial charge in [-0.05, 0) is 29.7 Å². The van der Waals surface area contributed by atoms with E-state index >= 15 is 0 Å². The predicted molar refractivity (Wildman–Crippen MR) is 53.4 cm³/mol. The lowest BCUT2D eigenvalue weighted by molar-refractivity contribution is -0.134. The van der Waals surface area contributed by atoms with Crippen molar-refractivity contribution in [3.05, 3.63) is 41.6 Å². The van der Waals surface area contributed by atoms with Crippen LogP contribution in [-0.4, -0.2) is 13.1 Å². The van der Waals surface area contributed by atoms with Crippen LogP contribution in [0.5, 0.6) is 0 Å². The van der Waals surface area contributed by atoms with Gasteiger partial charge in [-0.15, -0.1) is 0 Å². The number of halogens is 1. The van der Waals surface area contributed by atoms with Crippen molar-refractivity contribution < 1.29 is 13.9 Å². The van der Waals surface area contributed by atoms with Crippen LogP contribution in [0.25, 0.3) is 0 Å². The molecule has 1 aromatic carbocycles. The first-order valence-corrected chi connectivity index (χ1v) is 4.77. The monoisotopic (exact) mass is 212 g/mol. The van der Waals surface area contributed by atoms with Crippen LogP contribution in [0.3, 0.4) is 0 Å². The second-order valence-corrected chi connectivity index (χ2v) is 3.38. The number of esters is 1. The molecule has 0 amide bonds. The molecule has 0 heterocycles. The maximum Gasteiger partial charge on any atom is 0.330 e. The van der Waals surface area contributed by atoms with Crippen LogP contribution >= 0.6 is 11.8 Å². The molecule has 0 atom stereocenters. The number of ether oxygens (including phenoxy) is 1. The molecule has 0 aliphatic heterocycles. The van der Waals surface area contributed by atoms with Crippen LogP contribution in [0.4, 0.5) is 4.39 Å². The first-order valence-electron chi connectivity index (χ1n) is 3.89. The maximum atomic E-state index is 12.5. The second kappa shape index (κ2) is 5.44. The molecule has 14 heavy (non-hydrogen) atoms. The molecule has 2 nitrogen and oxygen atoms in total. The van der Waals surface area contributed by atoms with Gasteiger partial charge in [-0.25, -0.2) is 9.18 Å². The Morgan fingerprint density at radius 3 is 2.64 bits per heavy atom. The molecule has 0 unspecified atom stereocenters. The summed E-state index contributed by atoms with van der Waals surface area (Å²) in [6, 6.07) is 6.02. The Balaban J connectivity index is 2.49. The highest BCUT2D eigenvalue weighted by atomic mass is 32.2. The third kappa shape index (κ3) is 3.62. The number of benzene rings is 1. The number of hydrogen-bond donors (Lipinski definition) is 0. The van der Waals surface area contributed by atoms with Crippen molar-refractivity contribution in [2.75, 3.05) is 7.11 Å². The third-order valence-electron chi connectivity index (χ3n) is 1.42. The van der Waals surface area contributed by atoms with Crippen LogP contribution in [0.2, 0.25) is 0 Å². The van der Waals surface area contributed by atoms with E-state index in [0.717, 1.165) is 4.90 Å². The van der Waals surface area contributed by atoms with Gasteiger partial charge in [0.2, 0.25) is 0 Å². The molecule has 0 N–H and O–H groups in total. The molecule has 0 aromatic heterocycles. The lowest BCUT2D eigenvalue weighted by Crippen LogP contribution is -1.92. The predicted octanol–water partition coefficient (Wildman–Crippen LogP) is 2.60. The number of hydrogen-bond acceptors (Lipinski definition) is 3. The summed E-state index contributed by atoms with van der Waals surface area (Å²) in [5, 5.41) is 1.60.